The van der Waals surface area contributed by atoms with Crippen LogP contribution in [0.15, 0.2) is 30.7 Å². The maximum atomic E-state index is 13.6. The molecule has 1 aliphatic heterocycles. The fraction of sp³-hybridized carbons (Fsp3) is 0.400. The van der Waals surface area contributed by atoms with E-state index in [1.54, 1.807) is 22.0 Å². The predicted molar refractivity (Wildman–Crippen MR) is 79.3 cm³/mol. The molecule has 0 aromatic carbocycles. The second kappa shape index (κ2) is 5.84. The first-order valence-corrected chi connectivity index (χ1v) is 7.15. The smallest absolute Gasteiger partial charge is 0.234 e. The molecule has 2 N–H and O–H groups in total. The van der Waals surface area contributed by atoms with Gasteiger partial charge in [0.15, 0.2) is 0 Å². The van der Waals surface area contributed by atoms with Crippen LogP contribution in [0.1, 0.15) is 12.0 Å². The van der Waals surface area contributed by atoms with Gasteiger partial charge in [-0.15, -0.1) is 0 Å². The lowest BCUT2D eigenvalue weighted by atomic mass is 10.1. The number of carbonyl (C=O) groups is 1. The summed E-state index contributed by atoms with van der Waals surface area (Å²) in [6.07, 6.45) is 4.46. The Labute approximate surface area is 127 Å². The highest BCUT2D eigenvalue weighted by molar-refractivity contribution is 5.80. The summed E-state index contributed by atoms with van der Waals surface area (Å²) in [6, 6.07) is 3.21. The van der Waals surface area contributed by atoms with E-state index in [2.05, 4.69) is 10.1 Å². The molecule has 1 fully saturated rings. The minimum atomic E-state index is -1.02. The molecule has 0 unspecified atom stereocenters. The zero-order valence-corrected chi connectivity index (χ0v) is 12.3. The SMILES string of the molecule is Cn1cc(CN2C[C@H](F)C[C@H]2C(N)=O)c(-c2cccnc2)n1. The molecule has 3 rings (SSSR count). The van der Waals surface area contributed by atoms with E-state index in [0.29, 0.717) is 6.54 Å². The van der Waals surface area contributed by atoms with E-state index in [9.17, 15) is 9.18 Å². The number of alkyl halides is 1. The minimum absolute atomic E-state index is 0.165. The topological polar surface area (TPSA) is 77.0 Å². The number of nitrogens with two attached hydrogens (primary N) is 1. The van der Waals surface area contributed by atoms with Crippen LogP contribution in [0.25, 0.3) is 11.3 Å². The maximum Gasteiger partial charge on any atom is 0.234 e. The molecular weight excluding hydrogens is 285 g/mol. The predicted octanol–water partition coefficient (Wildman–Crippen LogP) is 0.880. The number of nitrogens with zero attached hydrogens (tertiary/aromatic N) is 4. The van der Waals surface area contributed by atoms with E-state index in [1.165, 1.54) is 0 Å². The largest absolute Gasteiger partial charge is 0.368 e. The summed E-state index contributed by atoms with van der Waals surface area (Å²) in [5, 5.41) is 4.45. The van der Waals surface area contributed by atoms with E-state index in [1.807, 2.05) is 25.4 Å². The Kier molecular flexibility index (Phi) is 3.89. The number of rotatable bonds is 4. The van der Waals surface area contributed by atoms with Gasteiger partial charge in [-0.2, -0.15) is 5.10 Å². The van der Waals surface area contributed by atoms with Crippen molar-refractivity contribution in [2.45, 2.75) is 25.2 Å². The standard InChI is InChI=1S/C15H18FN5O/c1-20-7-11(14(19-20)10-3-2-4-18-6-10)8-21-9-12(16)5-13(21)15(17)22/h2-4,6-7,12-13H,5,8-9H2,1H3,(H2,17,22)/t12-,13+/m1/s1. The summed E-state index contributed by atoms with van der Waals surface area (Å²) in [6.45, 7) is 0.654. The molecule has 0 saturated carbocycles. The van der Waals surface area contributed by atoms with Crippen molar-refractivity contribution in [3.05, 3.63) is 36.3 Å². The third-order valence-corrected chi connectivity index (χ3v) is 3.89. The van der Waals surface area contributed by atoms with Gasteiger partial charge in [0.25, 0.3) is 0 Å². The first-order valence-electron chi connectivity index (χ1n) is 7.15. The van der Waals surface area contributed by atoms with Crippen LogP contribution in [0.2, 0.25) is 0 Å². The molecule has 6 nitrogen and oxygen atoms in total. The van der Waals surface area contributed by atoms with Crippen LogP contribution in [0.3, 0.4) is 0 Å². The lowest BCUT2D eigenvalue weighted by molar-refractivity contribution is -0.122. The molecule has 22 heavy (non-hydrogen) atoms. The lowest BCUT2D eigenvalue weighted by Gasteiger charge is -2.21. The first-order chi connectivity index (χ1) is 10.5. The summed E-state index contributed by atoms with van der Waals surface area (Å²) in [7, 11) is 1.83. The fourth-order valence-corrected chi connectivity index (χ4v) is 2.94. The van der Waals surface area contributed by atoms with Crippen molar-refractivity contribution in [1.29, 1.82) is 0 Å². The maximum absolute atomic E-state index is 13.6. The Morgan fingerprint density at radius 1 is 1.55 bits per heavy atom. The Balaban J connectivity index is 1.88. The molecule has 1 amide bonds. The van der Waals surface area contributed by atoms with Crippen LogP contribution in [-0.2, 0) is 18.4 Å². The molecule has 2 atom stereocenters. The van der Waals surface area contributed by atoms with E-state index in [4.69, 9.17) is 5.73 Å². The van der Waals surface area contributed by atoms with Crippen LogP contribution in [0, 0.1) is 0 Å². The molecule has 0 spiro atoms. The van der Waals surface area contributed by atoms with Crippen molar-refractivity contribution in [2.75, 3.05) is 6.54 Å². The van der Waals surface area contributed by atoms with Crippen molar-refractivity contribution in [3.63, 3.8) is 0 Å². The summed E-state index contributed by atoms with van der Waals surface area (Å²) < 4.78 is 15.3. The number of aryl methyl sites for hydroxylation is 1. The number of likely N-dealkylation sites (tertiary alicyclic amines) is 1. The summed E-state index contributed by atoms with van der Waals surface area (Å²) in [5.74, 6) is -0.480. The Hall–Kier alpha value is -2.28. The number of aromatic nitrogens is 3. The molecule has 2 aromatic heterocycles. The van der Waals surface area contributed by atoms with Gasteiger partial charge in [0, 0.05) is 56.3 Å². The molecular formula is C15H18FN5O. The van der Waals surface area contributed by atoms with E-state index in [0.717, 1.165) is 16.8 Å². The molecule has 116 valence electrons. The van der Waals surface area contributed by atoms with Gasteiger partial charge >= 0.3 is 0 Å². The average molecular weight is 303 g/mol. The first kappa shape index (κ1) is 14.6. The molecule has 0 bridgehead atoms. The van der Waals surface area contributed by atoms with Crippen molar-refractivity contribution in [1.82, 2.24) is 19.7 Å². The number of halogens is 1. The second-order valence-corrected chi connectivity index (χ2v) is 5.60. The molecule has 7 heteroatoms. The van der Waals surface area contributed by atoms with Gasteiger partial charge in [-0.3, -0.25) is 19.4 Å². The lowest BCUT2D eigenvalue weighted by Crippen LogP contribution is -2.39. The highest BCUT2D eigenvalue weighted by Crippen LogP contribution is 2.27. The number of hydrogen-bond donors (Lipinski definition) is 1. The van der Waals surface area contributed by atoms with Crippen LogP contribution < -0.4 is 5.73 Å². The van der Waals surface area contributed by atoms with Gasteiger partial charge < -0.3 is 5.73 Å². The monoisotopic (exact) mass is 303 g/mol. The van der Waals surface area contributed by atoms with Crippen molar-refractivity contribution >= 4 is 5.91 Å². The molecule has 2 aromatic rings. The van der Waals surface area contributed by atoms with Gasteiger partial charge in [0.2, 0.25) is 5.91 Å². The van der Waals surface area contributed by atoms with Crippen molar-refractivity contribution in [3.8, 4) is 11.3 Å². The van der Waals surface area contributed by atoms with Crippen molar-refractivity contribution < 1.29 is 9.18 Å². The van der Waals surface area contributed by atoms with E-state index >= 15 is 0 Å². The van der Waals surface area contributed by atoms with Gasteiger partial charge in [-0.05, 0) is 12.1 Å². The highest BCUT2D eigenvalue weighted by atomic mass is 19.1. The quantitative estimate of drug-likeness (QED) is 0.909. The zero-order valence-electron chi connectivity index (χ0n) is 12.3. The zero-order chi connectivity index (χ0) is 15.7. The highest BCUT2D eigenvalue weighted by Gasteiger charge is 2.36. The van der Waals surface area contributed by atoms with Crippen LogP contribution in [-0.4, -0.2) is 44.3 Å². The van der Waals surface area contributed by atoms with Gasteiger partial charge in [0.1, 0.15) is 6.17 Å². The normalized spacial score (nSPS) is 22.1. The molecule has 1 aliphatic rings. The molecule has 0 aliphatic carbocycles. The Bertz CT molecular complexity index is 672. The van der Waals surface area contributed by atoms with Gasteiger partial charge in [0.05, 0.1) is 11.7 Å². The minimum Gasteiger partial charge on any atom is -0.368 e. The van der Waals surface area contributed by atoms with Crippen molar-refractivity contribution in [2.24, 2.45) is 12.8 Å². The third-order valence-electron chi connectivity index (χ3n) is 3.89. The van der Waals surface area contributed by atoms with Crippen LogP contribution >= 0.6 is 0 Å². The summed E-state index contributed by atoms with van der Waals surface area (Å²) >= 11 is 0. The van der Waals surface area contributed by atoms with E-state index in [-0.39, 0.29) is 13.0 Å². The second-order valence-electron chi connectivity index (χ2n) is 5.60. The third kappa shape index (κ3) is 2.85. The number of amides is 1. The summed E-state index contributed by atoms with van der Waals surface area (Å²) in [5.41, 5.74) is 7.99. The van der Waals surface area contributed by atoms with Gasteiger partial charge in [-0.1, -0.05) is 0 Å². The summed E-state index contributed by atoms with van der Waals surface area (Å²) in [4.78, 5) is 17.4. The number of hydrogen-bond acceptors (Lipinski definition) is 4. The van der Waals surface area contributed by atoms with Gasteiger partial charge in [-0.25, -0.2) is 4.39 Å². The number of carbonyl (C=O) groups excluding carboxylic acids is 1. The molecule has 1 saturated heterocycles. The Morgan fingerprint density at radius 2 is 2.36 bits per heavy atom. The number of primary amides is 1. The average Bonchev–Trinajstić information content (AvgIpc) is 3.03. The van der Waals surface area contributed by atoms with E-state index < -0.39 is 18.1 Å². The van der Waals surface area contributed by atoms with Crippen LogP contribution in [0.5, 0.6) is 0 Å². The molecule has 3 heterocycles. The molecule has 0 radical (unpaired) electrons. The Morgan fingerprint density at radius 3 is 3.05 bits per heavy atom. The van der Waals surface area contributed by atoms with Crippen LogP contribution in [0.4, 0.5) is 4.39 Å². The number of pyridine rings is 1. The fourth-order valence-electron chi connectivity index (χ4n) is 2.94.